The van der Waals surface area contributed by atoms with Crippen LogP contribution in [0.1, 0.15) is 12.0 Å². The Bertz CT molecular complexity index is 341. The van der Waals surface area contributed by atoms with Crippen LogP contribution in [0.5, 0.6) is 5.75 Å². The molecule has 1 rings (SSSR count). The Morgan fingerprint density at radius 3 is 2.86 bits per heavy atom. The summed E-state index contributed by atoms with van der Waals surface area (Å²) in [6.45, 7) is 2.09. The third-order valence-corrected chi connectivity index (χ3v) is 1.96. The van der Waals surface area contributed by atoms with E-state index < -0.39 is 0 Å². The van der Waals surface area contributed by atoms with Gasteiger partial charge < -0.3 is 10.5 Å². The zero-order chi connectivity index (χ0) is 10.6. The van der Waals surface area contributed by atoms with Gasteiger partial charge in [-0.25, -0.2) is 4.39 Å². The molecule has 0 aliphatic rings. The van der Waals surface area contributed by atoms with Gasteiger partial charge in [-0.3, -0.25) is 0 Å². The summed E-state index contributed by atoms with van der Waals surface area (Å²) in [6.07, 6.45) is 0.505. The van der Waals surface area contributed by atoms with Gasteiger partial charge in [0, 0.05) is 12.5 Å². The van der Waals surface area contributed by atoms with E-state index in [2.05, 4.69) is 12.2 Å². The maximum Gasteiger partial charge on any atom is 0.129 e. The Hall–Kier alpha value is -1.16. The van der Waals surface area contributed by atoms with E-state index >= 15 is 0 Å². The largest absolute Gasteiger partial charge is 0.493 e. The Labute approximate surface area is 87.9 Å². The molecule has 0 fully saturated rings. The van der Waals surface area contributed by atoms with Crippen molar-refractivity contribution in [3.8, 4) is 5.75 Å². The van der Waals surface area contributed by atoms with Crippen LogP contribution >= 0.6 is 12.2 Å². The third-order valence-electron chi connectivity index (χ3n) is 1.76. The molecule has 76 valence electrons. The number of benzene rings is 1. The fourth-order valence-corrected chi connectivity index (χ4v) is 1.02. The highest BCUT2D eigenvalue weighted by atomic mass is 32.1. The maximum absolute atomic E-state index is 13.0. The van der Waals surface area contributed by atoms with Crippen molar-refractivity contribution in [1.82, 2.24) is 0 Å². The van der Waals surface area contributed by atoms with Crippen LogP contribution in [0.2, 0.25) is 0 Å². The predicted octanol–water partition coefficient (Wildman–Crippen LogP) is 2.19. The summed E-state index contributed by atoms with van der Waals surface area (Å²) in [4.78, 5) is 0.401. The summed E-state index contributed by atoms with van der Waals surface area (Å²) in [5, 5.41) is 0. The second-order valence-corrected chi connectivity index (χ2v) is 3.50. The maximum atomic E-state index is 13.0. The van der Waals surface area contributed by atoms with E-state index in [0.717, 1.165) is 0 Å². The highest BCUT2D eigenvalue weighted by molar-refractivity contribution is 7.80. The first-order valence-electron chi connectivity index (χ1n) is 4.27. The standard InChI is InChI=1S/C10H12FNOS/c1-7-2-3-8(6-9(7)11)13-5-4-10(12)14/h2-3,6H,4-5H2,1H3,(H2,12,14). The molecule has 2 N–H and O–H groups in total. The van der Waals surface area contributed by atoms with Gasteiger partial charge in [-0.05, 0) is 18.6 Å². The average Bonchev–Trinajstić information content (AvgIpc) is 2.10. The molecule has 4 heteroatoms. The molecule has 0 amide bonds. The van der Waals surface area contributed by atoms with Gasteiger partial charge in [-0.15, -0.1) is 0 Å². The molecule has 0 saturated carbocycles. The molecule has 0 aliphatic carbocycles. The SMILES string of the molecule is Cc1ccc(OCCC(N)=S)cc1F. The van der Waals surface area contributed by atoms with E-state index in [1.165, 1.54) is 6.07 Å². The average molecular weight is 213 g/mol. The van der Waals surface area contributed by atoms with Crippen LogP contribution in [-0.2, 0) is 0 Å². The van der Waals surface area contributed by atoms with Gasteiger partial charge in [0.05, 0.1) is 11.6 Å². The number of ether oxygens (including phenoxy) is 1. The quantitative estimate of drug-likeness (QED) is 0.779. The van der Waals surface area contributed by atoms with Gasteiger partial charge in [-0.1, -0.05) is 18.3 Å². The number of thiocarbonyl (C=S) groups is 1. The summed E-state index contributed by atoms with van der Waals surface area (Å²) in [6, 6.07) is 4.75. The van der Waals surface area contributed by atoms with Gasteiger partial charge in [0.2, 0.25) is 0 Å². The molecular weight excluding hydrogens is 201 g/mol. The molecule has 0 atom stereocenters. The van der Waals surface area contributed by atoms with Crippen LogP contribution in [0.15, 0.2) is 18.2 Å². The van der Waals surface area contributed by atoms with Crippen LogP contribution in [0.3, 0.4) is 0 Å². The fraction of sp³-hybridized carbons (Fsp3) is 0.300. The minimum Gasteiger partial charge on any atom is -0.493 e. The zero-order valence-electron chi connectivity index (χ0n) is 7.92. The molecule has 1 aromatic rings. The summed E-state index contributed by atoms with van der Waals surface area (Å²) < 4.78 is 18.3. The Balaban J connectivity index is 2.51. The second-order valence-electron chi connectivity index (χ2n) is 2.98. The van der Waals surface area contributed by atoms with Gasteiger partial charge in [0.1, 0.15) is 11.6 Å². The minimum atomic E-state index is -0.266. The van der Waals surface area contributed by atoms with Gasteiger partial charge in [-0.2, -0.15) is 0 Å². The highest BCUT2D eigenvalue weighted by Gasteiger charge is 2.00. The van der Waals surface area contributed by atoms with E-state index in [4.69, 9.17) is 10.5 Å². The molecule has 0 aliphatic heterocycles. The van der Waals surface area contributed by atoms with Crippen molar-refractivity contribution in [2.45, 2.75) is 13.3 Å². The smallest absolute Gasteiger partial charge is 0.129 e. The predicted molar refractivity (Wildman–Crippen MR) is 58.0 cm³/mol. The summed E-state index contributed by atoms with van der Waals surface area (Å²) in [7, 11) is 0. The molecule has 0 aromatic heterocycles. The molecule has 0 spiro atoms. The fourth-order valence-electron chi connectivity index (χ4n) is 0.933. The lowest BCUT2D eigenvalue weighted by molar-refractivity contribution is 0.327. The molecule has 0 heterocycles. The van der Waals surface area contributed by atoms with E-state index in [-0.39, 0.29) is 5.82 Å². The van der Waals surface area contributed by atoms with Crippen molar-refractivity contribution in [3.63, 3.8) is 0 Å². The van der Waals surface area contributed by atoms with Gasteiger partial charge >= 0.3 is 0 Å². The van der Waals surface area contributed by atoms with Crippen LogP contribution in [0, 0.1) is 12.7 Å². The lowest BCUT2D eigenvalue weighted by Crippen LogP contribution is -2.12. The van der Waals surface area contributed by atoms with Crippen LogP contribution in [0.25, 0.3) is 0 Å². The summed E-state index contributed by atoms with van der Waals surface area (Å²) in [5.41, 5.74) is 5.89. The molecule has 14 heavy (non-hydrogen) atoms. The van der Waals surface area contributed by atoms with Crippen molar-refractivity contribution in [2.24, 2.45) is 5.73 Å². The topological polar surface area (TPSA) is 35.2 Å². The third kappa shape index (κ3) is 3.30. The first kappa shape index (κ1) is 10.9. The van der Waals surface area contributed by atoms with E-state index in [1.54, 1.807) is 19.1 Å². The van der Waals surface area contributed by atoms with Crippen LogP contribution in [-0.4, -0.2) is 11.6 Å². The lowest BCUT2D eigenvalue weighted by Gasteiger charge is -2.06. The van der Waals surface area contributed by atoms with Gasteiger partial charge in [0.25, 0.3) is 0 Å². The van der Waals surface area contributed by atoms with Crippen molar-refractivity contribution in [3.05, 3.63) is 29.6 Å². The second kappa shape index (κ2) is 4.91. The van der Waals surface area contributed by atoms with E-state index in [9.17, 15) is 4.39 Å². The molecule has 0 saturated heterocycles. The van der Waals surface area contributed by atoms with Crippen molar-refractivity contribution in [2.75, 3.05) is 6.61 Å². The number of nitrogens with two attached hydrogens (primary N) is 1. The number of hydrogen-bond donors (Lipinski definition) is 1. The van der Waals surface area contributed by atoms with Crippen molar-refractivity contribution in [1.29, 1.82) is 0 Å². The molecule has 0 radical (unpaired) electrons. The Morgan fingerprint density at radius 2 is 2.29 bits per heavy atom. The summed E-state index contributed by atoms with van der Waals surface area (Å²) >= 11 is 4.68. The molecule has 2 nitrogen and oxygen atoms in total. The first-order chi connectivity index (χ1) is 6.59. The highest BCUT2D eigenvalue weighted by Crippen LogP contribution is 2.15. The summed E-state index contributed by atoms with van der Waals surface area (Å²) in [5.74, 6) is 0.238. The molecule has 1 aromatic carbocycles. The zero-order valence-corrected chi connectivity index (χ0v) is 8.73. The molecule has 0 bridgehead atoms. The number of halogens is 1. The molecule has 0 unspecified atom stereocenters. The van der Waals surface area contributed by atoms with Crippen LogP contribution < -0.4 is 10.5 Å². The lowest BCUT2D eigenvalue weighted by atomic mass is 10.2. The monoisotopic (exact) mass is 213 g/mol. The Kier molecular flexibility index (Phi) is 3.83. The first-order valence-corrected chi connectivity index (χ1v) is 4.67. The number of hydrogen-bond acceptors (Lipinski definition) is 2. The van der Waals surface area contributed by atoms with Crippen molar-refractivity contribution >= 4 is 17.2 Å². The van der Waals surface area contributed by atoms with Crippen LogP contribution in [0.4, 0.5) is 4.39 Å². The van der Waals surface area contributed by atoms with Crippen molar-refractivity contribution < 1.29 is 9.13 Å². The Morgan fingerprint density at radius 1 is 1.57 bits per heavy atom. The number of aryl methyl sites for hydroxylation is 1. The normalized spacial score (nSPS) is 9.86. The van der Waals surface area contributed by atoms with E-state index in [0.29, 0.717) is 29.3 Å². The van der Waals surface area contributed by atoms with Gasteiger partial charge in [0.15, 0.2) is 0 Å². The number of rotatable bonds is 4. The van der Waals surface area contributed by atoms with E-state index in [1.807, 2.05) is 0 Å². The minimum absolute atomic E-state index is 0.266. The molecular formula is C10H12FNOS.